The number of hydrogen-bond acceptors (Lipinski definition) is 3. The molecule has 0 spiro atoms. The Bertz CT molecular complexity index is 162. The SMILES string of the molecule is CC(C)N1CCC(CNCCCCO)C1. The Labute approximate surface area is 93.9 Å². The molecule has 1 fully saturated rings. The van der Waals surface area contributed by atoms with Gasteiger partial charge in [0.15, 0.2) is 0 Å². The number of unbranched alkanes of at least 4 members (excludes halogenated alkanes) is 1. The van der Waals surface area contributed by atoms with Crippen molar-refractivity contribution in [2.45, 2.75) is 39.2 Å². The third-order valence-electron chi connectivity index (χ3n) is 3.24. The fourth-order valence-corrected chi connectivity index (χ4v) is 2.17. The van der Waals surface area contributed by atoms with Crippen LogP contribution in [0.15, 0.2) is 0 Å². The van der Waals surface area contributed by atoms with Crippen LogP contribution >= 0.6 is 0 Å². The normalized spacial score (nSPS) is 22.8. The Hall–Kier alpha value is -0.120. The summed E-state index contributed by atoms with van der Waals surface area (Å²) in [6.45, 7) is 9.60. The van der Waals surface area contributed by atoms with Crippen LogP contribution in [0.4, 0.5) is 0 Å². The maximum Gasteiger partial charge on any atom is 0.0431 e. The Morgan fingerprint density at radius 2 is 2.20 bits per heavy atom. The summed E-state index contributed by atoms with van der Waals surface area (Å²) >= 11 is 0. The zero-order chi connectivity index (χ0) is 11.1. The molecule has 1 atom stereocenters. The molecule has 0 aromatic rings. The molecule has 1 aliphatic rings. The minimum Gasteiger partial charge on any atom is -0.396 e. The van der Waals surface area contributed by atoms with Crippen molar-refractivity contribution in [2.24, 2.45) is 5.92 Å². The first-order chi connectivity index (χ1) is 7.24. The van der Waals surface area contributed by atoms with E-state index in [-0.39, 0.29) is 0 Å². The van der Waals surface area contributed by atoms with Crippen molar-refractivity contribution >= 4 is 0 Å². The minimum atomic E-state index is 0.326. The second kappa shape index (κ2) is 7.20. The second-order valence-corrected chi connectivity index (χ2v) is 4.88. The molecule has 1 unspecified atom stereocenters. The van der Waals surface area contributed by atoms with E-state index < -0.39 is 0 Å². The highest BCUT2D eigenvalue weighted by Gasteiger charge is 2.23. The minimum absolute atomic E-state index is 0.326. The van der Waals surface area contributed by atoms with Gasteiger partial charge in [0, 0.05) is 19.2 Å². The molecule has 0 amide bonds. The van der Waals surface area contributed by atoms with Crippen molar-refractivity contribution in [1.82, 2.24) is 10.2 Å². The van der Waals surface area contributed by atoms with Gasteiger partial charge in [0.05, 0.1) is 0 Å². The Balaban J connectivity index is 1.99. The van der Waals surface area contributed by atoms with Crippen LogP contribution in [0.3, 0.4) is 0 Å². The van der Waals surface area contributed by atoms with Gasteiger partial charge in [0.2, 0.25) is 0 Å². The number of aliphatic hydroxyl groups is 1. The largest absolute Gasteiger partial charge is 0.396 e. The van der Waals surface area contributed by atoms with Gasteiger partial charge in [-0.15, -0.1) is 0 Å². The zero-order valence-electron chi connectivity index (χ0n) is 10.2. The average molecular weight is 214 g/mol. The molecule has 90 valence electrons. The number of hydrogen-bond donors (Lipinski definition) is 2. The summed E-state index contributed by atoms with van der Waals surface area (Å²) < 4.78 is 0. The lowest BCUT2D eigenvalue weighted by atomic mass is 10.1. The molecule has 2 N–H and O–H groups in total. The molecular weight excluding hydrogens is 188 g/mol. The van der Waals surface area contributed by atoms with Crippen molar-refractivity contribution < 1.29 is 5.11 Å². The molecule has 1 heterocycles. The van der Waals surface area contributed by atoms with E-state index >= 15 is 0 Å². The predicted molar refractivity (Wildman–Crippen MR) is 64.0 cm³/mol. The summed E-state index contributed by atoms with van der Waals surface area (Å²) in [6.07, 6.45) is 3.36. The monoisotopic (exact) mass is 214 g/mol. The van der Waals surface area contributed by atoms with E-state index in [4.69, 9.17) is 5.11 Å². The van der Waals surface area contributed by atoms with E-state index in [1.165, 1.54) is 19.5 Å². The van der Waals surface area contributed by atoms with Gasteiger partial charge in [0.1, 0.15) is 0 Å². The molecule has 0 radical (unpaired) electrons. The number of rotatable bonds is 7. The van der Waals surface area contributed by atoms with Crippen LogP contribution in [-0.4, -0.2) is 48.8 Å². The highest BCUT2D eigenvalue weighted by atomic mass is 16.2. The molecular formula is C12H26N2O. The average Bonchev–Trinajstić information content (AvgIpc) is 2.66. The lowest BCUT2D eigenvalue weighted by Gasteiger charge is -2.20. The maximum atomic E-state index is 8.64. The molecule has 3 heteroatoms. The van der Waals surface area contributed by atoms with Crippen LogP contribution < -0.4 is 5.32 Å². The molecule has 0 aliphatic carbocycles. The first kappa shape index (κ1) is 12.9. The topological polar surface area (TPSA) is 35.5 Å². The van der Waals surface area contributed by atoms with Crippen LogP contribution in [0.2, 0.25) is 0 Å². The standard InChI is InChI=1S/C12H26N2O/c1-11(2)14-7-5-12(10-14)9-13-6-3-4-8-15/h11-13,15H,3-10H2,1-2H3. The van der Waals surface area contributed by atoms with Gasteiger partial charge in [-0.2, -0.15) is 0 Å². The lowest BCUT2D eigenvalue weighted by Crippen LogP contribution is -2.31. The Morgan fingerprint density at radius 3 is 2.80 bits per heavy atom. The summed E-state index contributed by atoms with van der Waals surface area (Å²) in [7, 11) is 0. The summed E-state index contributed by atoms with van der Waals surface area (Å²) in [5.74, 6) is 0.835. The fourth-order valence-electron chi connectivity index (χ4n) is 2.17. The van der Waals surface area contributed by atoms with Gasteiger partial charge in [-0.25, -0.2) is 0 Å². The van der Waals surface area contributed by atoms with Crippen molar-refractivity contribution in [2.75, 3.05) is 32.8 Å². The number of likely N-dealkylation sites (tertiary alicyclic amines) is 1. The van der Waals surface area contributed by atoms with E-state index in [1.54, 1.807) is 0 Å². The van der Waals surface area contributed by atoms with Gasteiger partial charge >= 0.3 is 0 Å². The van der Waals surface area contributed by atoms with Gasteiger partial charge in [-0.3, -0.25) is 0 Å². The summed E-state index contributed by atoms with van der Waals surface area (Å²) in [4.78, 5) is 2.56. The van der Waals surface area contributed by atoms with Gasteiger partial charge in [-0.1, -0.05) is 0 Å². The van der Waals surface area contributed by atoms with Crippen molar-refractivity contribution in [3.63, 3.8) is 0 Å². The Kier molecular flexibility index (Phi) is 6.22. The van der Waals surface area contributed by atoms with E-state index in [0.29, 0.717) is 12.6 Å². The van der Waals surface area contributed by atoms with Crippen LogP contribution in [0.1, 0.15) is 33.1 Å². The summed E-state index contributed by atoms with van der Waals surface area (Å²) in [5, 5.41) is 12.1. The quantitative estimate of drug-likeness (QED) is 0.623. The summed E-state index contributed by atoms with van der Waals surface area (Å²) in [5.41, 5.74) is 0. The molecule has 0 aromatic heterocycles. The van der Waals surface area contributed by atoms with Crippen molar-refractivity contribution in [1.29, 1.82) is 0 Å². The molecule has 1 aliphatic heterocycles. The van der Waals surface area contributed by atoms with E-state index in [1.807, 2.05) is 0 Å². The van der Waals surface area contributed by atoms with Crippen LogP contribution in [-0.2, 0) is 0 Å². The smallest absolute Gasteiger partial charge is 0.0431 e. The molecule has 0 saturated carbocycles. The van der Waals surface area contributed by atoms with Gasteiger partial charge < -0.3 is 15.3 Å². The number of nitrogens with zero attached hydrogens (tertiary/aromatic N) is 1. The fraction of sp³-hybridized carbons (Fsp3) is 1.00. The van der Waals surface area contributed by atoms with Gasteiger partial charge in [0.25, 0.3) is 0 Å². The lowest BCUT2D eigenvalue weighted by molar-refractivity contribution is 0.263. The Morgan fingerprint density at radius 1 is 1.40 bits per heavy atom. The molecule has 1 rings (SSSR count). The molecule has 15 heavy (non-hydrogen) atoms. The van der Waals surface area contributed by atoms with Crippen LogP contribution in [0, 0.1) is 5.92 Å². The van der Waals surface area contributed by atoms with E-state index in [2.05, 4.69) is 24.1 Å². The second-order valence-electron chi connectivity index (χ2n) is 4.88. The van der Waals surface area contributed by atoms with Crippen molar-refractivity contribution in [3.05, 3.63) is 0 Å². The predicted octanol–water partition coefficient (Wildman–Crippen LogP) is 1.08. The van der Waals surface area contributed by atoms with Crippen LogP contribution in [0.5, 0.6) is 0 Å². The maximum absolute atomic E-state index is 8.64. The summed E-state index contributed by atoms with van der Waals surface area (Å²) in [6, 6.07) is 0.699. The molecule has 0 bridgehead atoms. The highest BCUT2D eigenvalue weighted by Crippen LogP contribution is 2.17. The zero-order valence-corrected chi connectivity index (χ0v) is 10.2. The highest BCUT2D eigenvalue weighted by molar-refractivity contribution is 4.78. The first-order valence-corrected chi connectivity index (χ1v) is 6.29. The molecule has 0 aromatic carbocycles. The van der Waals surface area contributed by atoms with E-state index in [0.717, 1.165) is 31.8 Å². The molecule has 1 saturated heterocycles. The van der Waals surface area contributed by atoms with Crippen LogP contribution in [0.25, 0.3) is 0 Å². The third kappa shape index (κ3) is 4.96. The van der Waals surface area contributed by atoms with E-state index in [9.17, 15) is 0 Å². The van der Waals surface area contributed by atoms with Gasteiger partial charge in [-0.05, 0) is 58.7 Å². The molecule has 3 nitrogen and oxygen atoms in total. The first-order valence-electron chi connectivity index (χ1n) is 6.29. The third-order valence-corrected chi connectivity index (χ3v) is 3.24. The number of nitrogens with one attached hydrogen (secondary N) is 1. The number of aliphatic hydroxyl groups excluding tert-OH is 1. The van der Waals surface area contributed by atoms with Crippen molar-refractivity contribution in [3.8, 4) is 0 Å².